The molecule has 158 valence electrons. The number of hydrogen-bond acceptors (Lipinski definition) is 7. The largest absolute Gasteiger partial charge is 0.424 e. The molecule has 0 atom stereocenters. The molecule has 0 N–H and O–H groups in total. The zero-order valence-electron chi connectivity index (χ0n) is 16.6. The molecule has 1 aliphatic rings. The second-order valence-corrected chi connectivity index (χ2v) is 6.90. The lowest BCUT2D eigenvalue weighted by atomic mass is 9.99. The number of non-ortho nitro benzene ring substituents is 1. The molecular formula is C23H14N2O7. The number of rotatable bonds is 5. The summed E-state index contributed by atoms with van der Waals surface area (Å²) >= 11 is 0. The van der Waals surface area contributed by atoms with Gasteiger partial charge in [0.05, 0.1) is 21.7 Å². The van der Waals surface area contributed by atoms with Crippen LogP contribution in [0.4, 0.5) is 11.4 Å². The van der Waals surface area contributed by atoms with Gasteiger partial charge >= 0.3 is 5.97 Å². The van der Waals surface area contributed by atoms with Gasteiger partial charge in [0.2, 0.25) is 0 Å². The summed E-state index contributed by atoms with van der Waals surface area (Å²) in [5, 5.41) is 11.0. The van der Waals surface area contributed by atoms with Gasteiger partial charge in [0.25, 0.3) is 17.5 Å². The van der Waals surface area contributed by atoms with Crippen LogP contribution in [-0.2, 0) is 4.79 Å². The third kappa shape index (κ3) is 3.52. The van der Waals surface area contributed by atoms with Crippen molar-refractivity contribution in [3.05, 3.63) is 99.1 Å². The summed E-state index contributed by atoms with van der Waals surface area (Å²) in [4.78, 5) is 61.5. The highest BCUT2D eigenvalue weighted by atomic mass is 16.6. The Morgan fingerprint density at radius 2 is 1.56 bits per heavy atom. The average molecular weight is 430 g/mol. The number of imide groups is 1. The fraction of sp³-hybridized carbons (Fsp3) is 0.0435. The second-order valence-electron chi connectivity index (χ2n) is 6.90. The van der Waals surface area contributed by atoms with Crippen molar-refractivity contribution in [2.45, 2.75) is 6.92 Å². The van der Waals surface area contributed by atoms with Crippen LogP contribution >= 0.6 is 0 Å². The lowest BCUT2D eigenvalue weighted by molar-refractivity contribution is -0.384. The maximum absolute atomic E-state index is 13.1. The quantitative estimate of drug-likeness (QED) is 0.151. The first-order valence-corrected chi connectivity index (χ1v) is 9.37. The van der Waals surface area contributed by atoms with Gasteiger partial charge in [-0.15, -0.1) is 0 Å². The Labute approximate surface area is 181 Å². The van der Waals surface area contributed by atoms with E-state index in [0.717, 1.165) is 11.0 Å². The van der Waals surface area contributed by atoms with E-state index in [0.29, 0.717) is 0 Å². The van der Waals surface area contributed by atoms with E-state index in [4.69, 9.17) is 4.74 Å². The molecular weight excluding hydrogens is 416 g/mol. The maximum Gasteiger partial charge on any atom is 0.308 e. The number of benzene rings is 3. The number of esters is 1. The Balaban J connectivity index is 1.72. The van der Waals surface area contributed by atoms with Crippen LogP contribution in [0.1, 0.15) is 43.6 Å². The van der Waals surface area contributed by atoms with Crippen LogP contribution in [0.3, 0.4) is 0 Å². The Hall–Kier alpha value is -4.66. The number of nitro benzene ring substituents is 1. The molecule has 1 heterocycles. The zero-order chi connectivity index (χ0) is 23.0. The topological polar surface area (TPSA) is 124 Å². The molecule has 0 fully saturated rings. The molecule has 9 heteroatoms. The number of hydrogen-bond donors (Lipinski definition) is 0. The van der Waals surface area contributed by atoms with Crippen molar-refractivity contribution in [1.29, 1.82) is 0 Å². The number of carbonyl (C=O) groups excluding carboxylic acids is 4. The molecule has 0 saturated carbocycles. The Morgan fingerprint density at radius 1 is 0.875 bits per heavy atom. The fourth-order valence-electron chi connectivity index (χ4n) is 3.41. The molecule has 1 aliphatic heterocycles. The van der Waals surface area contributed by atoms with Crippen LogP contribution < -0.4 is 9.64 Å². The molecule has 0 aliphatic carbocycles. The normalized spacial score (nSPS) is 12.5. The lowest BCUT2D eigenvalue weighted by Crippen LogP contribution is -2.30. The van der Waals surface area contributed by atoms with Crippen LogP contribution in [0.15, 0.2) is 66.7 Å². The molecule has 0 radical (unpaired) electrons. The highest BCUT2D eigenvalue weighted by Crippen LogP contribution is 2.35. The fourth-order valence-corrected chi connectivity index (χ4v) is 3.41. The van der Waals surface area contributed by atoms with Gasteiger partial charge in [-0.05, 0) is 24.3 Å². The number of fused-ring (bicyclic) bond motifs is 1. The van der Waals surface area contributed by atoms with Gasteiger partial charge in [0.15, 0.2) is 11.5 Å². The summed E-state index contributed by atoms with van der Waals surface area (Å²) in [7, 11) is 0. The molecule has 0 bridgehead atoms. The average Bonchev–Trinajstić information content (AvgIpc) is 3.03. The van der Waals surface area contributed by atoms with Gasteiger partial charge in [-0.3, -0.25) is 29.3 Å². The molecule has 3 aromatic carbocycles. The highest BCUT2D eigenvalue weighted by Gasteiger charge is 2.38. The first-order chi connectivity index (χ1) is 15.3. The molecule has 0 unspecified atom stereocenters. The number of ether oxygens (including phenoxy) is 1. The van der Waals surface area contributed by atoms with E-state index in [1.807, 2.05) is 0 Å². The first kappa shape index (κ1) is 20.6. The van der Waals surface area contributed by atoms with Crippen LogP contribution in [0, 0.1) is 10.1 Å². The van der Waals surface area contributed by atoms with E-state index < -0.39 is 28.5 Å². The Morgan fingerprint density at radius 3 is 2.28 bits per heavy atom. The molecule has 0 spiro atoms. The number of nitro groups is 1. The second kappa shape index (κ2) is 7.88. The third-order valence-electron chi connectivity index (χ3n) is 4.83. The minimum atomic E-state index is -0.682. The Bertz CT molecular complexity index is 1330. The third-order valence-corrected chi connectivity index (χ3v) is 4.83. The summed E-state index contributed by atoms with van der Waals surface area (Å²) in [6.45, 7) is 1.20. The first-order valence-electron chi connectivity index (χ1n) is 9.37. The van der Waals surface area contributed by atoms with Gasteiger partial charge < -0.3 is 4.74 Å². The molecule has 3 aromatic rings. The monoisotopic (exact) mass is 430 g/mol. The van der Waals surface area contributed by atoms with Crippen LogP contribution in [0.25, 0.3) is 0 Å². The molecule has 4 rings (SSSR count). The van der Waals surface area contributed by atoms with E-state index in [9.17, 15) is 29.3 Å². The smallest absolute Gasteiger partial charge is 0.308 e. The predicted molar refractivity (Wildman–Crippen MR) is 112 cm³/mol. The zero-order valence-corrected chi connectivity index (χ0v) is 16.6. The number of anilines is 1. The Kier molecular flexibility index (Phi) is 5.07. The lowest BCUT2D eigenvalue weighted by Gasteiger charge is -2.17. The highest BCUT2D eigenvalue weighted by molar-refractivity contribution is 6.35. The number of amides is 2. The summed E-state index contributed by atoms with van der Waals surface area (Å²) < 4.78 is 5.11. The van der Waals surface area contributed by atoms with E-state index in [2.05, 4.69) is 0 Å². The van der Waals surface area contributed by atoms with Crippen LogP contribution in [0.5, 0.6) is 5.75 Å². The van der Waals surface area contributed by atoms with Crippen molar-refractivity contribution >= 4 is 34.9 Å². The van der Waals surface area contributed by atoms with Crippen LogP contribution in [0.2, 0.25) is 0 Å². The molecule has 0 aromatic heterocycles. The van der Waals surface area contributed by atoms with Crippen molar-refractivity contribution in [2.75, 3.05) is 4.90 Å². The van der Waals surface area contributed by atoms with E-state index in [1.54, 1.807) is 12.1 Å². The molecule has 2 amide bonds. The number of para-hydroxylation sites is 2. The summed E-state index contributed by atoms with van der Waals surface area (Å²) in [6, 6.07) is 15.3. The van der Waals surface area contributed by atoms with Crippen molar-refractivity contribution in [3.63, 3.8) is 0 Å². The van der Waals surface area contributed by atoms with E-state index in [-0.39, 0.29) is 39.4 Å². The van der Waals surface area contributed by atoms with Gasteiger partial charge in [-0.2, -0.15) is 0 Å². The predicted octanol–water partition coefficient (Wildman–Crippen LogP) is 3.55. The van der Waals surface area contributed by atoms with Gasteiger partial charge in [-0.25, -0.2) is 4.90 Å². The number of nitrogens with zero attached hydrogens (tertiary/aromatic N) is 2. The summed E-state index contributed by atoms with van der Waals surface area (Å²) in [6.07, 6.45) is 0. The SMILES string of the molecule is CC(=O)Oc1ccccc1N1C(=O)c2ccc(C(=O)c3cccc([N+](=O)[O-])c3)cc2C1=O. The van der Waals surface area contributed by atoms with Gasteiger partial charge in [-0.1, -0.05) is 30.3 Å². The number of ketones is 1. The van der Waals surface area contributed by atoms with Crippen molar-refractivity contribution < 1.29 is 28.8 Å². The molecule has 32 heavy (non-hydrogen) atoms. The van der Waals surface area contributed by atoms with Gasteiger partial charge in [0, 0.05) is 30.2 Å². The van der Waals surface area contributed by atoms with Crippen LogP contribution in [-0.4, -0.2) is 28.5 Å². The van der Waals surface area contributed by atoms with E-state index in [1.165, 1.54) is 55.5 Å². The van der Waals surface area contributed by atoms with Gasteiger partial charge in [0.1, 0.15) is 0 Å². The summed E-state index contributed by atoms with van der Waals surface area (Å²) in [5.41, 5.74) is 0.123. The number of carbonyl (C=O) groups is 4. The standard InChI is InChI=1S/C23H14N2O7/c1-13(26)32-20-8-3-2-7-19(20)24-22(28)17-10-9-15(12-18(17)23(24)29)21(27)14-5-4-6-16(11-14)25(30)31/h2-12H,1H3. The van der Waals surface area contributed by atoms with E-state index >= 15 is 0 Å². The maximum atomic E-state index is 13.1. The van der Waals surface area contributed by atoms with Crippen molar-refractivity contribution in [2.24, 2.45) is 0 Å². The summed E-state index contributed by atoms with van der Waals surface area (Å²) in [5.74, 6) is -2.41. The minimum absolute atomic E-state index is 0.00362. The van der Waals surface area contributed by atoms with Crippen molar-refractivity contribution in [1.82, 2.24) is 0 Å². The minimum Gasteiger partial charge on any atom is -0.424 e. The van der Waals surface area contributed by atoms with Crippen molar-refractivity contribution in [3.8, 4) is 5.75 Å². The molecule has 9 nitrogen and oxygen atoms in total. The molecule has 0 saturated heterocycles.